The van der Waals surface area contributed by atoms with E-state index in [0.717, 1.165) is 38.5 Å². The molecule has 2 aliphatic carbocycles. The molecule has 0 aromatic heterocycles. The molecular formula is C19H35N3O3. The maximum absolute atomic E-state index is 12.6. The number of amides is 2. The van der Waals surface area contributed by atoms with Crippen molar-refractivity contribution in [1.82, 2.24) is 10.2 Å². The first-order chi connectivity index (χ1) is 11.6. The molecule has 2 amide bonds. The van der Waals surface area contributed by atoms with Crippen LogP contribution in [0.1, 0.15) is 73.1 Å². The molecule has 0 aliphatic heterocycles. The molecule has 0 aromatic rings. The highest BCUT2D eigenvalue weighted by Gasteiger charge is 2.41. The van der Waals surface area contributed by atoms with Gasteiger partial charge >= 0.3 is 6.09 Å². The van der Waals surface area contributed by atoms with E-state index in [1.54, 1.807) is 0 Å². The molecule has 1 unspecified atom stereocenters. The van der Waals surface area contributed by atoms with Crippen molar-refractivity contribution in [2.45, 2.75) is 103 Å². The molecule has 2 saturated carbocycles. The van der Waals surface area contributed by atoms with Crippen molar-refractivity contribution in [2.24, 2.45) is 11.7 Å². The van der Waals surface area contributed by atoms with Crippen molar-refractivity contribution in [2.75, 3.05) is 0 Å². The molecular weight excluding hydrogens is 318 g/mol. The van der Waals surface area contributed by atoms with Gasteiger partial charge in [0.2, 0.25) is 5.91 Å². The summed E-state index contributed by atoms with van der Waals surface area (Å²) in [6.45, 7) is 9.62. The Morgan fingerprint density at radius 3 is 1.92 bits per heavy atom. The molecule has 1 atom stereocenters. The van der Waals surface area contributed by atoms with Crippen LogP contribution in [0, 0.1) is 5.92 Å². The van der Waals surface area contributed by atoms with Gasteiger partial charge in [0.15, 0.2) is 0 Å². The van der Waals surface area contributed by atoms with Crippen LogP contribution in [-0.2, 0) is 9.53 Å². The Balaban J connectivity index is 1.87. The van der Waals surface area contributed by atoms with Gasteiger partial charge in [-0.1, -0.05) is 13.8 Å². The van der Waals surface area contributed by atoms with Gasteiger partial charge in [0.05, 0.1) is 6.04 Å². The van der Waals surface area contributed by atoms with E-state index in [1.807, 2.05) is 39.5 Å². The van der Waals surface area contributed by atoms with Crippen LogP contribution < -0.4 is 11.1 Å². The van der Waals surface area contributed by atoms with Crippen molar-refractivity contribution in [3.8, 4) is 0 Å². The van der Waals surface area contributed by atoms with E-state index in [1.165, 1.54) is 0 Å². The van der Waals surface area contributed by atoms with Crippen LogP contribution in [0.5, 0.6) is 0 Å². The lowest BCUT2D eigenvalue weighted by atomic mass is 9.89. The number of ether oxygens (including phenoxy) is 1. The summed E-state index contributed by atoms with van der Waals surface area (Å²) in [5.74, 6) is 0.0681. The number of hydrogen-bond acceptors (Lipinski definition) is 4. The molecule has 2 aliphatic rings. The maximum Gasteiger partial charge on any atom is 0.410 e. The first-order valence-corrected chi connectivity index (χ1v) is 9.65. The predicted octanol–water partition coefficient (Wildman–Crippen LogP) is 2.80. The molecule has 0 aromatic carbocycles. The number of carbonyl (C=O) groups excluding carboxylic acids is 2. The second-order valence-electron chi connectivity index (χ2n) is 8.90. The molecule has 6 heteroatoms. The van der Waals surface area contributed by atoms with E-state index in [0.29, 0.717) is 6.04 Å². The van der Waals surface area contributed by atoms with Gasteiger partial charge in [0.1, 0.15) is 5.60 Å². The third kappa shape index (κ3) is 5.87. The SMILES string of the molecule is CC(C)C(N)C(=O)NC1CCC(N(C(=O)OC(C)(C)C)C2CC2)CC1. The molecule has 0 spiro atoms. The lowest BCUT2D eigenvalue weighted by Gasteiger charge is -2.38. The Bertz CT molecular complexity index is 475. The monoisotopic (exact) mass is 353 g/mol. The number of nitrogens with zero attached hydrogens (tertiary/aromatic N) is 1. The topological polar surface area (TPSA) is 84.7 Å². The zero-order chi connectivity index (χ0) is 18.8. The molecule has 0 radical (unpaired) electrons. The lowest BCUT2D eigenvalue weighted by molar-refractivity contribution is -0.124. The minimum absolute atomic E-state index is 0.0651. The van der Waals surface area contributed by atoms with Gasteiger partial charge in [0, 0.05) is 18.1 Å². The fourth-order valence-corrected chi connectivity index (χ4v) is 3.36. The van der Waals surface area contributed by atoms with E-state index >= 15 is 0 Å². The van der Waals surface area contributed by atoms with Gasteiger partial charge in [-0.15, -0.1) is 0 Å². The molecule has 2 fully saturated rings. The van der Waals surface area contributed by atoms with Crippen LogP contribution in [-0.4, -0.2) is 46.7 Å². The van der Waals surface area contributed by atoms with Crippen molar-refractivity contribution < 1.29 is 14.3 Å². The molecule has 0 saturated heterocycles. The van der Waals surface area contributed by atoms with Crippen LogP contribution in [0.25, 0.3) is 0 Å². The number of nitrogens with one attached hydrogen (secondary N) is 1. The number of carbonyl (C=O) groups is 2. The molecule has 3 N–H and O–H groups in total. The first-order valence-electron chi connectivity index (χ1n) is 9.65. The molecule has 6 nitrogen and oxygen atoms in total. The molecule has 0 bridgehead atoms. The first kappa shape index (κ1) is 20.0. The molecule has 2 rings (SSSR count). The smallest absolute Gasteiger partial charge is 0.410 e. The van der Waals surface area contributed by atoms with Crippen molar-refractivity contribution in [1.29, 1.82) is 0 Å². The van der Waals surface area contributed by atoms with Crippen molar-refractivity contribution in [3.05, 3.63) is 0 Å². The predicted molar refractivity (Wildman–Crippen MR) is 98.1 cm³/mol. The summed E-state index contributed by atoms with van der Waals surface area (Å²) in [5, 5.41) is 3.07. The van der Waals surface area contributed by atoms with E-state index in [-0.39, 0.29) is 30.0 Å². The van der Waals surface area contributed by atoms with Crippen LogP contribution in [0.4, 0.5) is 4.79 Å². The van der Waals surface area contributed by atoms with Crippen LogP contribution in [0.2, 0.25) is 0 Å². The zero-order valence-corrected chi connectivity index (χ0v) is 16.4. The maximum atomic E-state index is 12.6. The van der Waals surface area contributed by atoms with Gasteiger partial charge < -0.3 is 20.7 Å². The normalized spacial score (nSPS) is 25.4. The fourth-order valence-electron chi connectivity index (χ4n) is 3.36. The number of nitrogens with two attached hydrogens (primary N) is 1. The van der Waals surface area contributed by atoms with E-state index < -0.39 is 11.6 Å². The Kier molecular flexibility index (Phi) is 6.35. The Labute approximate surface area is 151 Å². The summed E-state index contributed by atoms with van der Waals surface area (Å²) in [4.78, 5) is 26.7. The molecule has 25 heavy (non-hydrogen) atoms. The van der Waals surface area contributed by atoms with Gasteiger partial charge in [-0.05, 0) is 65.2 Å². The summed E-state index contributed by atoms with van der Waals surface area (Å²) in [7, 11) is 0. The average Bonchev–Trinajstić information content (AvgIpc) is 3.31. The largest absolute Gasteiger partial charge is 0.444 e. The third-order valence-electron chi connectivity index (χ3n) is 5.00. The van der Waals surface area contributed by atoms with Gasteiger partial charge in [-0.3, -0.25) is 4.79 Å². The summed E-state index contributed by atoms with van der Waals surface area (Å²) < 4.78 is 5.60. The Morgan fingerprint density at radius 2 is 1.52 bits per heavy atom. The van der Waals surface area contributed by atoms with E-state index in [9.17, 15) is 9.59 Å². The van der Waals surface area contributed by atoms with Crippen LogP contribution in [0.15, 0.2) is 0 Å². The van der Waals surface area contributed by atoms with Crippen LogP contribution >= 0.6 is 0 Å². The standard InChI is InChI=1S/C19H35N3O3/c1-12(2)16(20)17(23)21-13-6-8-14(9-7-13)22(15-10-11-15)18(24)25-19(3,4)5/h12-16H,6-11,20H2,1-5H3,(H,21,23). The van der Waals surface area contributed by atoms with E-state index in [2.05, 4.69) is 5.32 Å². The minimum Gasteiger partial charge on any atom is -0.444 e. The highest BCUT2D eigenvalue weighted by Crippen LogP contribution is 2.35. The second kappa shape index (κ2) is 7.94. The summed E-state index contributed by atoms with van der Waals surface area (Å²) in [6.07, 6.45) is 5.51. The molecule has 144 valence electrons. The lowest BCUT2D eigenvalue weighted by Crippen LogP contribution is -2.51. The van der Waals surface area contributed by atoms with Crippen molar-refractivity contribution >= 4 is 12.0 Å². The van der Waals surface area contributed by atoms with Crippen LogP contribution in [0.3, 0.4) is 0 Å². The summed E-state index contributed by atoms with van der Waals surface area (Å²) in [6, 6.07) is 0.255. The third-order valence-corrected chi connectivity index (χ3v) is 5.00. The minimum atomic E-state index is -0.470. The zero-order valence-electron chi connectivity index (χ0n) is 16.4. The Hall–Kier alpha value is -1.30. The fraction of sp³-hybridized carbons (Fsp3) is 0.895. The highest BCUT2D eigenvalue weighted by atomic mass is 16.6. The van der Waals surface area contributed by atoms with Gasteiger partial charge in [-0.25, -0.2) is 4.79 Å². The quantitative estimate of drug-likeness (QED) is 0.796. The van der Waals surface area contributed by atoms with Crippen molar-refractivity contribution in [3.63, 3.8) is 0 Å². The van der Waals surface area contributed by atoms with Gasteiger partial charge in [-0.2, -0.15) is 0 Å². The van der Waals surface area contributed by atoms with E-state index in [4.69, 9.17) is 10.5 Å². The molecule has 0 heterocycles. The number of rotatable bonds is 5. The highest BCUT2D eigenvalue weighted by molar-refractivity contribution is 5.82. The van der Waals surface area contributed by atoms with Gasteiger partial charge in [0.25, 0.3) is 0 Å². The average molecular weight is 354 g/mol. The summed E-state index contributed by atoms with van der Waals surface area (Å²) in [5.41, 5.74) is 5.45. The second-order valence-corrected chi connectivity index (χ2v) is 8.90. The summed E-state index contributed by atoms with van der Waals surface area (Å²) >= 11 is 0. The number of hydrogen-bond donors (Lipinski definition) is 2. The Morgan fingerprint density at radius 1 is 1.04 bits per heavy atom.